The van der Waals surface area contributed by atoms with Crippen LogP contribution >= 0.6 is 0 Å². The van der Waals surface area contributed by atoms with Crippen LogP contribution in [0.5, 0.6) is 0 Å². The minimum Gasteiger partial charge on any atom is -0.396 e. The molecule has 0 spiro atoms. The highest BCUT2D eigenvalue weighted by Gasteiger charge is 2.23. The van der Waals surface area contributed by atoms with E-state index >= 15 is 0 Å². The van der Waals surface area contributed by atoms with Crippen molar-refractivity contribution in [1.82, 2.24) is 4.90 Å². The number of aliphatic hydroxyl groups is 1. The molecule has 2 rings (SSSR count). The zero-order chi connectivity index (χ0) is 12.3. The molecule has 0 bridgehead atoms. The first-order chi connectivity index (χ1) is 8.19. The lowest BCUT2D eigenvalue weighted by atomic mass is 10.1. The van der Waals surface area contributed by atoms with Crippen LogP contribution in [0.3, 0.4) is 0 Å². The van der Waals surface area contributed by atoms with Gasteiger partial charge in [0.05, 0.1) is 6.54 Å². The van der Waals surface area contributed by atoms with Crippen LogP contribution in [0.25, 0.3) is 0 Å². The van der Waals surface area contributed by atoms with Crippen LogP contribution in [0.15, 0.2) is 24.3 Å². The molecule has 1 aromatic rings. The second-order valence-corrected chi connectivity index (χ2v) is 4.50. The normalized spacial score (nSPS) is 20.7. The van der Waals surface area contributed by atoms with E-state index in [9.17, 15) is 9.18 Å². The SMILES string of the molecule is O=C(CN1CC[C@H](CO)C1)c1ccc(F)cc1. The lowest BCUT2D eigenvalue weighted by Crippen LogP contribution is -2.28. The van der Waals surface area contributed by atoms with E-state index < -0.39 is 0 Å². The number of carbonyl (C=O) groups is 1. The highest BCUT2D eigenvalue weighted by molar-refractivity contribution is 5.97. The Morgan fingerprint density at radius 1 is 1.41 bits per heavy atom. The molecule has 1 heterocycles. The number of hydrogen-bond donors (Lipinski definition) is 1. The number of halogens is 1. The zero-order valence-electron chi connectivity index (χ0n) is 9.60. The van der Waals surface area contributed by atoms with Gasteiger partial charge in [-0.3, -0.25) is 9.69 Å². The second kappa shape index (κ2) is 5.38. The topological polar surface area (TPSA) is 40.5 Å². The van der Waals surface area contributed by atoms with Crippen molar-refractivity contribution in [3.05, 3.63) is 35.6 Å². The molecule has 0 unspecified atom stereocenters. The van der Waals surface area contributed by atoms with Crippen LogP contribution in [0.4, 0.5) is 4.39 Å². The molecule has 0 radical (unpaired) electrons. The van der Waals surface area contributed by atoms with Crippen molar-refractivity contribution in [2.24, 2.45) is 5.92 Å². The van der Waals surface area contributed by atoms with Crippen molar-refractivity contribution < 1.29 is 14.3 Å². The lowest BCUT2D eigenvalue weighted by molar-refractivity contribution is 0.0940. The molecule has 1 atom stereocenters. The standard InChI is InChI=1S/C13H16FNO2/c14-12-3-1-11(2-4-12)13(17)8-15-6-5-10(7-15)9-16/h1-4,10,16H,5-9H2/t10-/m0/s1. The van der Waals surface area contributed by atoms with Gasteiger partial charge >= 0.3 is 0 Å². The Labute approximate surface area is 99.9 Å². The van der Waals surface area contributed by atoms with Crippen LogP contribution in [0, 0.1) is 11.7 Å². The summed E-state index contributed by atoms with van der Waals surface area (Å²) in [5.74, 6) is -0.0392. The molecule has 0 saturated carbocycles. The molecule has 1 saturated heterocycles. The zero-order valence-corrected chi connectivity index (χ0v) is 9.60. The maximum atomic E-state index is 12.7. The molecular weight excluding hydrogens is 221 g/mol. The van der Waals surface area contributed by atoms with Crippen LogP contribution in [0.1, 0.15) is 16.8 Å². The van der Waals surface area contributed by atoms with Gasteiger partial charge in [-0.2, -0.15) is 0 Å². The van der Waals surface area contributed by atoms with Gasteiger partial charge in [-0.15, -0.1) is 0 Å². The number of likely N-dealkylation sites (tertiary alicyclic amines) is 1. The van der Waals surface area contributed by atoms with Crippen molar-refractivity contribution in [2.75, 3.05) is 26.2 Å². The monoisotopic (exact) mass is 237 g/mol. The number of ketones is 1. The van der Waals surface area contributed by atoms with E-state index in [1.54, 1.807) is 0 Å². The van der Waals surface area contributed by atoms with Crippen molar-refractivity contribution in [3.8, 4) is 0 Å². The minimum atomic E-state index is -0.330. The fourth-order valence-corrected chi connectivity index (χ4v) is 2.14. The Kier molecular flexibility index (Phi) is 3.86. The molecule has 17 heavy (non-hydrogen) atoms. The lowest BCUT2D eigenvalue weighted by Gasteiger charge is -2.14. The molecule has 1 fully saturated rings. The average Bonchev–Trinajstić information content (AvgIpc) is 2.77. The molecule has 1 N–H and O–H groups in total. The summed E-state index contributed by atoms with van der Waals surface area (Å²) in [4.78, 5) is 13.9. The van der Waals surface area contributed by atoms with E-state index in [1.807, 2.05) is 4.90 Å². The average molecular weight is 237 g/mol. The Morgan fingerprint density at radius 3 is 2.71 bits per heavy atom. The number of benzene rings is 1. The maximum absolute atomic E-state index is 12.7. The van der Waals surface area contributed by atoms with Crippen LogP contribution in [-0.2, 0) is 0 Å². The number of nitrogens with zero attached hydrogens (tertiary/aromatic N) is 1. The van der Waals surface area contributed by atoms with Gasteiger partial charge in [0.25, 0.3) is 0 Å². The summed E-state index contributed by atoms with van der Waals surface area (Å²) in [6, 6.07) is 5.62. The molecule has 1 aromatic carbocycles. The first-order valence-corrected chi connectivity index (χ1v) is 5.81. The van der Waals surface area contributed by atoms with Gasteiger partial charge < -0.3 is 5.11 Å². The number of aliphatic hydroxyl groups excluding tert-OH is 1. The van der Waals surface area contributed by atoms with Gasteiger partial charge in [0.15, 0.2) is 5.78 Å². The van der Waals surface area contributed by atoms with Crippen molar-refractivity contribution >= 4 is 5.78 Å². The van der Waals surface area contributed by atoms with E-state index in [0.717, 1.165) is 19.5 Å². The first kappa shape index (κ1) is 12.2. The Bertz CT molecular complexity index is 391. The molecule has 3 nitrogen and oxygen atoms in total. The van der Waals surface area contributed by atoms with E-state index in [1.165, 1.54) is 24.3 Å². The van der Waals surface area contributed by atoms with Crippen molar-refractivity contribution in [3.63, 3.8) is 0 Å². The van der Waals surface area contributed by atoms with Crippen molar-refractivity contribution in [2.45, 2.75) is 6.42 Å². The third-order valence-corrected chi connectivity index (χ3v) is 3.16. The fourth-order valence-electron chi connectivity index (χ4n) is 2.14. The van der Waals surface area contributed by atoms with Gasteiger partial charge in [0.1, 0.15) is 5.82 Å². The third kappa shape index (κ3) is 3.11. The van der Waals surface area contributed by atoms with Gasteiger partial charge in [-0.25, -0.2) is 4.39 Å². The summed E-state index contributed by atoms with van der Waals surface area (Å²) in [5, 5.41) is 9.01. The molecule has 0 aromatic heterocycles. The number of carbonyl (C=O) groups excluding carboxylic acids is 1. The minimum absolute atomic E-state index is 0.00332. The predicted octanol–water partition coefficient (Wildman–Crippen LogP) is 1.32. The molecule has 92 valence electrons. The molecule has 0 aliphatic carbocycles. The highest BCUT2D eigenvalue weighted by Crippen LogP contribution is 2.15. The third-order valence-electron chi connectivity index (χ3n) is 3.16. The van der Waals surface area contributed by atoms with E-state index in [2.05, 4.69) is 0 Å². The van der Waals surface area contributed by atoms with Crippen LogP contribution in [0.2, 0.25) is 0 Å². The Balaban J connectivity index is 1.91. The van der Waals surface area contributed by atoms with Crippen LogP contribution in [-0.4, -0.2) is 42.0 Å². The fraction of sp³-hybridized carbons (Fsp3) is 0.462. The van der Waals surface area contributed by atoms with E-state index in [-0.39, 0.29) is 24.1 Å². The maximum Gasteiger partial charge on any atom is 0.176 e. The van der Waals surface area contributed by atoms with Gasteiger partial charge in [-0.05, 0) is 43.1 Å². The van der Waals surface area contributed by atoms with Gasteiger partial charge in [0, 0.05) is 18.7 Å². The summed E-state index contributed by atoms with van der Waals surface area (Å²) in [6.07, 6.45) is 0.938. The summed E-state index contributed by atoms with van der Waals surface area (Å²) >= 11 is 0. The summed E-state index contributed by atoms with van der Waals surface area (Å²) in [6.45, 7) is 2.14. The number of hydrogen-bond acceptors (Lipinski definition) is 3. The largest absolute Gasteiger partial charge is 0.396 e. The molecular formula is C13H16FNO2. The highest BCUT2D eigenvalue weighted by atomic mass is 19.1. The molecule has 4 heteroatoms. The summed E-state index contributed by atoms with van der Waals surface area (Å²) in [7, 11) is 0. The molecule has 1 aliphatic heterocycles. The van der Waals surface area contributed by atoms with Gasteiger partial charge in [0.2, 0.25) is 0 Å². The van der Waals surface area contributed by atoms with Gasteiger partial charge in [-0.1, -0.05) is 0 Å². The Hall–Kier alpha value is -1.26. The molecule has 0 amide bonds. The predicted molar refractivity (Wildman–Crippen MR) is 62.4 cm³/mol. The second-order valence-electron chi connectivity index (χ2n) is 4.50. The Morgan fingerprint density at radius 2 is 2.12 bits per heavy atom. The summed E-state index contributed by atoms with van der Waals surface area (Å²) in [5.41, 5.74) is 0.541. The first-order valence-electron chi connectivity index (χ1n) is 5.81. The quantitative estimate of drug-likeness (QED) is 0.803. The van der Waals surface area contributed by atoms with E-state index in [4.69, 9.17) is 5.11 Å². The van der Waals surface area contributed by atoms with Crippen molar-refractivity contribution in [1.29, 1.82) is 0 Å². The molecule has 1 aliphatic rings. The number of rotatable bonds is 4. The van der Waals surface area contributed by atoms with E-state index in [0.29, 0.717) is 12.1 Å². The van der Waals surface area contributed by atoms with Crippen LogP contribution < -0.4 is 0 Å². The summed E-state index contributed by atoms with van der Waals surface area (Å²) < 4.78 is 12.7. The smallest absolute Gasteiger partial charge is 0.176 e. The number of Topliss-reactive ketones (excluding diaryl/α,β-unsaturated/α-hetero) is 1.